The van der Waals surface area contributed by atoms with E-state index >= 15 is 0 Å². The first kappa shape index (κ1) is 18.9. The summed E-state index contributed by atoms with van der Waals surface area (Å²) in [5.74, 6) is 1.60. The molecule has 0 bridgehead atoms. The highest BCUT2D eigenvalue weighted by Crippen LogP contribution is 2.13. The number of rotatable bonds is 9. The van der Waals surface area contributed by atoms with E-state index in [1.54, 1.807) is 0 Å². The van der Waals surface area contributed by atoms with Crippen molar-refractivity contribution >= 4 is 0 Å². The second kappa shape index (κ2) is 9.81. The van der Waals surface area contributed by atoms with Crippen molar-refractivity contribution in [1.29, 1.82) is 0 Å². The monoisotopic (exact) mass is 297 g/mol. The second-order valence-corrected chi connectivity index (χ2v) is 7.84. The Hall–Kier alpha value is -0.120. The van der Waals surface area contributed by atoms with E-state index in [2.05, 4.69) is 56.7 Å². The van der Waals surface area contributed by atoms with E-state index in [0.717, 1.165) is 24.4 Å². The summed E-state index contributed by atoms with van der Waals surface area (Å²) in [6.45, 7) is 21.3. The van der Waals surface area contributed by atoms with Crippen LogP contribution >= 0.6 is 0 Å². The highest BCUT2D eigenvalue weighted by atomic mass is 15.3. The first-order valence-electron chi connectivity index (χ1n) is 9.08. The van der Waals surface area contributed by atoms with Gasteiger partial charge in [-0.05, 0) is 38.5 Å². The molecule has 0 aliphatic carbocycles. The van der Waals surface area contributed by atoms with Crippen LogP contribution in [0.3, 0.4) is 0 Å². The second-order valence-electron chi connectivity index (χ2n) is 7.84. The first-order valence-corrected chi connectivity index (χ1v) is 9.08. The number of nitrogens with one attached hydrogen (secondary N) is 1. The molecular weight excluding hydrogens is 258 g/mol. The van der Waals surface area contributed by atoms with Gasteiger partial charge in [0.05, 0.1) is 0 Å². The van der Waals surface area contributed by atoms with Crippen LogP contribution in [-0.2, 0) is 0 Å². The molecular formula is C18H39N3. The topological polar surface area (TPSA) is 18.5 Å². The molecule has 2 atom stereocenters. The molecule has 0 aromatic rings. The number of nitrogens with zero attached hydrogens (tertiary/aromatic N) is 2. The number of hydrogen-bond acceptors (Lipinski definition) is 3. The summed E-state index contributed by atoms with van der Waals surface area (Å²) in [6.07, 6.45) is 2.61. The molecule has 0 saturated carbocycles. The zero-order chi connectivity index (χ0) is 15.8. The highest BCUT2D eigenvalue weighted by molar-refractivity contribution is 4.77. The molecule has 1 rings (SSSR count). The van der Waals surface area contributed by atoms with Crippen LogP contribution in [0.4, 0.5) is 0 Å². The van der Waals surface area contributed by atoms with Gasteiger partial charge in [-0.2, -0.15) is 0 Å². The summed E-state index contributed by atoms with van der Waals surface area (Å²) in [7, 11) is 0. The fourth-order valence-corrected chi connectivity index (χ4v) is 3.52. The molecule has 126 valence electrons. The van der Waals surface area contributed by atoms with Crippen molar-refractivity contribution in [2.45, 2.75) is 66.5 Å². The molecule has 0 spiro atoms. The van der Waals surface area contributed by atoms with E-state index in [4.69, 9.17) is 0 Å². The van der Waals surface area contributed by atoms with Gasteiger partial charge in [0.1, 0.15) is 0 Å². The van der Waals surface area contributed by atoms with E-state index in [1.807, 2.05) is 0 Å². The molecule has 1 aliphatic rings. The Bertz CT molecular complexity index is 254. The average Bonchev–Trinajstić information content (AvgIpc) is 2.37. The van der Waals surface area contributed by atoms with E-state index in [9.17, 15) is 0 Å². The van der Waals surface area contributed by atoms with Gasteiger partial charge in [-0.15, -0.1) is 0 Å². The molecule has 0 aromatic heterocycles. The third kappa shape index (κ3) is 8.18. The van der Waals surface area contributed by atoms with Crippen molar-refractivity contribution in [2.75, 3.05) is 39.3 Å². The van der Waals surface area contributed by atoms with Crippen molar-refractivity contribution in [2.24, 2.45) is 11.8 Å². The molecule has 1 heterocycles. The third-order valence-corrected chi connectivity index (χ3v) is 4.59. The Balaban J connectivity index is 2.13. The third-order valence-electron chi connectivity index (χ3n) is 4.59. The first-order chi connectivity index (χ1) is 9.88. The standard InChI is InChI=1S/C18H39N3/c1-15(2)13-17(5)19-7-8-20-9-11-21(12-10-20)18(6)14-16(3)4/h15-19H,7-14H2,1-6H3. The van der Waals surface area contributed by atoms with E-state index < -0.39 is 0 Å². The van der Waals surface area contributed by atoms with Crippen LogP contribution in [0.1, 0.15) is 54.4 Å². The lowest BCUT2D eigenvalue weighted by atomic mass is 10.0. The van der Waals surface area contributed by atoms with Crippen molar-refractivity contribution in [1.82, 2.24) is 15.1 Å². The summed E-state index contributed by atoms with van der Waals surface area (Å²) in [6, 6.07) is 1.40. The lowest BCUT2D eigenvalue weighted by Gasteiger charge is -2.38. The molecule has 21 heavy (non-hydrogen) atoms. The van der Waals surface area contributed by atoms with Crippen molar-refractivity contribution in [3.8, 4) is 0 Å². The zero-order valence-corrected chi connectivity index (χ0v) is 15.4. The predicted octanol–water partition coefficient (Wildman–Crippen LogP) is 3.06. The number of piperazine rings is 1. The summed E-state index contributed by atoms with van der Waals surface area (Å²) in [5.41, 5.74) is 0. The quantitative estimate of drug-likeness (QED) is 0.705. The normalized spacial score (nSPS) is 21.1. The Morgan fingerprint density at radius 3 is 1.90 bits per heavy atom. The summed E-state index contributed by atoms with van der Waals surface area (Å²) < 4.78 is 0. The lowest BCUT2D eigenvalue weighted by molar-refractivity contribution is 0.0937. The predicted molar refractivity (Wildman–Crippen MR) is 93.8 cm³/mol. The molecule has 0 amide bonds. The van der Waals surface area contributed by atoms with Crippen LogP contribution < -0.4 is 5.32 Å². The molecule has 3 nitrogen and oxygen atoms in total. The fraction of sp³-hybridized carbons (Fsp3) is 1.00. The Morgan fingerprint density at radius 1 is 0.810 bits per heavy atom. The fourth-order valence-electron chi connectivity index (χ4n) is 3.52. The van der Waals surface area contributed by atoms with Crippen molar-refractivity contribution < 1.29 is 0 Å². The van der Waals surface area contributed by atoms with E-state index in [-0.39, 0.29) is 0 Å². The minimum atomic E-state index is 0.650. The van der Waals surface area contributed by atoms with Crippen LogP contribution in [-0.4, -0.2) is 61.2 Å². The maximum atomic E-state index is 3.67. The van der Waals surface area contributed by atoms with Crippen LogP contribution in [0, 0.1) is 11.8 Å². The van der Waals surface area contributed by atoms with Gasteiger partial charge in [0.2, 0.25) is 0 Å². The SMILES string of the molecule is CC(C)CC(C)NCCN1CCN(C(C)CC(C)C)CC1. The van der Waals surface area contributed by atoms with Crippen LogP contribution in [0.15, 0.2) is 0 Å². The average molecular weight is 298 g/mol. The van der Waals surface area contributed by atoms with Gasteiger partial charge < -0.3 is 5.32 Å². The lowest BCUT2D eigenvalue weighted by Crippen LogP contribution is -2.51. The molecule has 1 aliphatic heterocycles. The maximum absolute atomic E-state index is 3.67. The van der Waals surface area contributed by atoms with Crippen LogP contribution in [0.5, 0.6) is 0 Å². The van der Waals surface area contributed by atoms with Crippen LogP contribution in [0.25, 0.3) is 0 Å². The highest BCUT2D eigenvalue weighted by Gasteiger charge is 2.21. The number of hydrogen-bond donors (Lipinski definition) is 1. The molecule has 1 N–H and O–H groups in total. The Morgan fingerprint density at radius 2 is 1.38 bits per heavy atom. The molecule has 3 heteroatoms. The van der Waals surface area contributed by atoms with Crippen molar-refractivity contribution in [3.05, 3.63) is 0 Å². The van der Waals surface area contributed by atoms with Gasteiger partial charge >= 0.3 is 0 Å². The smallest absolute Gasteiger partial charge is 0.0113 e. The minimum Gasteiger partial charge on any atom is -0.313 e. The zero-order valence-electron chi connectivity index (χ0n) is 15.4. The van der Waals surface area contributed by atoms with Gasteiger partial charge in [-0.25, -0.2) is 0 Å². The van der Waals surface area contributed by atoms with E-state index in [0.29, 0.717) is 6.04 Å². The maximum Gasteiger partial charge on any atom is 0.0113 e. The van der Waals surface area contributed by atoms with Crippen LogP contribution in [0.2, 0.25) is 0 Å². The molecule has 0 aromatic carbocycles. The van der Waals surface area contributed by atoms with Gasteiger partial charge in [-0.3, -0.25) is 9.80 Å². The van der Waals surface area contributed by atoms with E-state index in [1.165, 1.54) is 45.6 Å². The molecule has 0 radical (unpaired) electrons. The van der Waals surface area contributed by atoms with Crippen molar-refractivity contribution in [3.63, 3.8) is 0 Å². The molecule has 1 saturated heterocycles. The largest absolute Gasteiger partial charge is 0.313 e. The summed E-state index contributed by atoms with van der Waals surface area (Å²) >= 11 is 0. The summed E-state index contributed by atoms with van der Waals surface area (Å²) in [5, 5.41) is 3.67. The molecule has 1 fully saturated rings. The van der Waals surface area contributed by atoms with Gasteiger partial charge in [-0.1, -0.05) is 27.7 Å². The van der Waals surface area contributed by atoms with Gasteiger partial charge in [0.15, 0.2) is 0 Å². The Labute approximate surface area is 133 Å². The summed E-state index contributed by atoms with van der Waals surface area (Å²) in [4.78, 5) is 5.29. The van der Waals surface area contributed by atoms with Gasteiger partial charge in [0.25, 0.3) is 0 Å². The minimum absolute atomic E-state index is 0.650. The van der Waals surface area contributed by atoms with Gasteiger partial charge in [0, 0.05) is 51.4 Å². The Kier molecular flexibility index (Phi) is 8.84. The molecule has 2 unspecified atom stereocenters.